The molecule has 0 amide bonds. The molecular formula is C67H60IrN-. The minimum Gasteiger partial charge on any atom is -0.296 e. The number of unbranched alkanes of at least 4 members (excludes halogenated alkanes) is 6. The molecule has 0 aliphatic heterocycles. The predicted molar refractivity (Wildman–Crippen MR) is 286 cm³/mol. The molecule has 0 unspecified atom stereocenters. The van der Waals surface area contributed by atoms with E-state index in [9.17, 15) is 0 Å². The summed E-state index contributed by atoms with van der Waals surface area (Å²) in [5.74, 6) is 0. The van der Waals surface area contributed by atoms with Gasteiger partial charge in [0.2, 0.25) is 0 Å². The van der Waals surface area contributed by atoms with Crippen LogP contribution < -0.4 is 0 Å². The van der Waals surface area contributed by atoms with Gasteiger partial charge in [-0.15, -0.1) is 29.3 Å². The van der Waals surface area contributed by atoms with Crippen LogP contribution in [0.25, 0.3) is 77.8 Å². The summed E-state index contributed by atoms with van der Waals surface area (Å²) in [6, 6.07) is 68.8. The zero-order valence-corrected chi connectivity index (χ0v) is 42.9. The summed E-state index contributed by atoms with van der Waals surface area (Å²) in [6.07, 6.45) is 12.3. The van der Waals surface area contributed by atoms with E-state index in [-0.39, 0.29) is 25.5 Å². The van der Waals surface area contributed by atoms with Gasteiger partial charge in [-0.1, -0.05) is 217 Å². The van der Waals surface area contributed by atoms with Gasteiger partial charge in [0.15, 0.2) is 0 Å². The van der Waals surface area contributed by atoms with Gasteiger partial charge in [-0.2, -0.15) is 0 Å². The molecule has 9 aromatic rings. The SMILES string of the molecule is CCCCCCc1cc(CCCCCC)cc(-c2cc(-c3[c-]cc4c(c3)C3(c5ccccc5-c5ccccc53)c3cc(-c5ccccc5)ccc3-4)nc3cc4c(cc23)-c2ccccc2C4(C)C)c1.[Ir]. The summed E-state index contributed by atoms with van der Waals surface area (Å²) in [4.78, 5) is 5.72. The predicted octanol–water partition coefficient (Wildman–Crippen LogP) is 17.9. The van der Waals surface area contributed by atoms with Crippen molar-refractivity contribution in [2.45, 2.75) is 103 Å². The van der Waals surface area contributed by atoms with E-state index in [1.807, 2.05) is 0 Å². The van der Waals surface area contributed by atoms with E-state index >= 15 is 0 Å². The Hall–Kier alpha value is -6.18. The van der Waals surface area contributed by atoms with Gasteiger partial charge in [0.1, 0.15) is 0 Å². The average Bonchev–Trinajstić information content (AvgIpc) is 3.93. The van der Waals surface area contributed by atoms with Gasteiger partial charge >= 0.3 is 0 Å². The van der Waals surface area contributed by atoms with Gasteiger partial charge in [-0.3, -0.25) is 4.98 Å². The number of aromatic nitrogens is 1. The summed E-state index contributed by atoms with van der Waals surface area (Å²) in [7, 11) is 0. The Morgan fingerprint density at radius 3 is 1.65 bits per heavy atom. The molecule has 1 spiro atoms. The topological polar surface area (TPSA) is 12.9 Å². The largest absolute Gasteiger partial charge is 0.296 e. The molecule has 1 nitrogen and oxygen atoms in total. The maximum atomic E-state index is 5.72. The van der Waals surface area contributed by atoms with Gasteiger partial charge < -0.3 is 0 Å². The Bertz CT molecular complexity index is 3330. The minimum atomic E-state index is -0.498. The van der Waals surface area contributed by atoms with Crippen molar-refractivity contribution in [2.75, 3.05) is 0 Å². The summed E-state index contributed by atoms with van der Waals surface area (Å²) >= 11 is 0. The molecule has 69 heavy (non-hydrogen) atoms. The van der Waals surface area contributed by atoms with Crippen LogP contribution in [0.2, 0.25) is 0 Å². The van der Waals surface area contributed by atoms with Crippen molar-refractivity contribution in [3.05, 3.63) is 220 Å². The van der Waals surface area contributed by atoms with Gasteiger partial charge in [-0.05, 0) is 133 Å². The normalized spacial score (nSPS) is 13.9. The van der Waals surface area contributed by atoms with E-state index in [0.717, 1.165) is 29.6 Å². The van der Waals surface area contributed by atoms with E-state index in [1.165, 1.54) is 157 Å². The van der Waals surface area contributed by atoms with Crippen LogP contribution >= 0.6 is 0 Å². The van der Waals surface area contributed by atoms with E-state index in [4.69, 9.17) is 4.98 Å². The fraction of sp³-hybridized carbons (Fsp3) is 0.239. The molecule has 0 bridgehead atoms. The van der Waals surface area contributed by atoms with E-state index in [1.54, 1.807) is 0 Å². The molecule has 1 radical (unpaired) electrons. The number of hydrogen-bond donors (Lipinski definition) is 0. The van der Waals surface area contributed by atoms with Gasteiger partial charge in [-0.25, -0.2) is 0 Å². The summed E-state index contributed by atoms with van der Waals surface area (Å²) in [5.41, 5.74) is 26.3. The van der Waals surface area contributed by atoms with Crippen molar-refractivity contribution < 1.29 is 20.1 Å². The zero-order chi connectivity index (χ0) is 46.0. The molecule has 3 aliphatic carbocycles. The number of aryl methyl sites for hydroxylation is 2. The third kappa shape index (κ3) is 7.41. The first kappa shape index (κ1) is 45.3. The molecule has 3 aliphatic rings. The quantitative estimate of drug-likeness (QED) is 0.0828. The van der Waals surface area contributed by atoms with Crippen LogP contribution in [0.3, 0.4) is 0 Å². The molecule has 12 rings (SSSR count). The zero-order valence-electron chi connectivity index (χ0n) is 40.5. The second kappa shape index (κ2) is 18.3. The Balaban J connectivity index is 0.00000520. The Morgan fingerprint density at radius 2 is 1.00 bits per heavy atom. The molecule has 1 aromatic heterocycles. The molecule has 8 aromatic carbocycles. The van der Waals surface area contributed by atoms with Crippen molar-refractivity contribution in [2.24, 2.45) is 0 Å². The van der Waals surface area contributed by atoms with Crippen molar-refractivity contribution in [1.29, 1.82) is 0 Å². The smallest absolute Gasteiger partial charge is 0.0605 e. The Kier molecular flexibility index (Phi) is 12.0. The average molecular weight is 1070 g/mol. The maximum absolute atomic E-state index is 5.72. The summed E-state index contributed by atoms with van der Waals surface area (Å²) in [5, 5.41) is 1.22. The van der Waals surface area contributed by atoms with Gasteiger partial charge in [0.25, 0.3) is 0 Å². The number of pyridine rings is 1. The molecule has 0 atom stereocenters. The van der Waals surface area contributed by atoms with Gasteiger partial charge in [0.05, 0.1) is 10.9 Å². The third-order valence-corrected chi connectivity index (χ3v) is 15.9. The first-order valence-corrected chi connectivity index (χ1v) is 25.6. The van der Waals surface area contributed by atoms with Crippen LogP contribution in [-0.4, -0.2) is 4.98 Å². The number of fused-ring (bicyclic) bond motifs is 14. The van der Waals surface area contributed by atoms with E-state index in [0.29, 0.717) is 0 Å². The van der Waals surface area contributed by atoms with Crippen LogP contribution in [0.1, 0.15) is 124 Å². The van der Waals surface area contributed by atoms with Crippen LogP contribution in [0, 0.1) is 6.07 Å². The van der Waals surface area contributed by atoms with Crippen molar-refractivity contribution in [3.63, 3.8) is 0 Å². The molecular weight excluding hydrogens is 1010 g/mol. The monoisotopic (exact) mass is 1070 g/mol. The maximum Gasteiger partial charge on any atom is 0.0605 e. The molecule has 1 heterocycles. The fourth-order valence-electron chi connectivity index (χ4n) is 12.5. The number of benzene rings is 8. The van der Waals surface area contributed by atoms with Crippen LogP contribution in [0.4, 0.5) is 0 Å². The minimum absolute atomic E-state index is 0. The first-order valence-electron chi connectivity index (χ1n) is 25.6. The second-order valence-corrected chi connectivity index (χ2v) is 20.4. The number of nitrogens with zero attached hydrogens (tertiary/aromatic N) is 1. The standard InChI is InChI=1S/C67H60N.Ir/c1-5-7-9-12-22-44-36-45(23-13-10-8-6-2)38-49(37-44)55-42-64(68-65-43-61-56(41-57(55)65)52-28-16-19-29-58(52)66(61,3)4)48-33-35-54-53-34-32-47(46-24-14-11-15-25-46)39-62(53)67(63(54)40-48)59-30-20-17-26-50(59)51-27-18-21-31-60(51)67;/h11,14-21,24-32,34-43H,5-10,12-13,22-23H2,1-4H3;/q-1;. The Morgan fingerprint density at radius 1 is 0.420 bits per heavy atom. The molecule has 0 saturated carbocycles. The molecule has 0 fully saturated rings. The molecule has 0 N–H and O–H groups in total. The molecule has 2 heteroatoms. The van der Waals surface area contributed by atoms with E-state index in [2.05, 4.69) is 204 Å². The number of hydrogen-bond acceptors (Lipinski definition) is 1. The molecule has 343 valence electrons. The van der Waals surface area contributed by atoms with Crippen molar-refractivity contribution in [3.8, 4) is 66.9 Å². The number of rotatable bonds is 13. The van der Waals surface area contributed by atoms with Crippen molar-refractivity contribution in [1.82, 2.24) is 4.98 Å². The van der Waals surface area contributed by atoms with Crippen LogP contribution in [-0.2, 0) is 43.8 Å². The van der Waals surface area contributed by atoms with Gasteiger partial charge in [0, 0.05) is 30.9 Å². The second-order valence-electron chi connectivity index (χ2n) is 20.4. The summed E-state index contributed by atoms with van der Waals surface area (Å²) in [6.45, 7) is 9.38. The Labute approximate surface area is 423 Å². The first-order chi connectivity index (χ1) is 33.4. The van der Waals surface area contributed by atoms with Crippen molar-refractivity contribution >= 4 is 10.9 Å². The van der Waals surface area contributed by atoms with E-state index < -0.39 is 5.41 Å². The third-order valence-electron chi connectivity index (χ3n) is 15.9. The van der Waals surface area contributed by atoms with Crippen LogP contribution in [0.5, 0.6) is 0 Å². The molecule has 0 saturated heterocycles. The van der Waals surface area contributed by atoms with Crippen LogP contribution in [0.15, 0.2) is 170 Å². The summed E-state index contributed by atoms with van der Waals surface area (Å²) < 4.78 is 0. The fourth-order valence-corrected chi connectivity index (χ4v) is 12.5.